The van der Waals surface area contributed by atoms with Crippen LogP contribution in [0.15, 0.2) is 17.5 Å². The summed E-state index contributed by atoms with van der Waals surface area (Å²) in [6.07, 6.45) is 8.88. The smallest absolute Gasteiger partial charge is 0.220 e. The van der Waals surface area contributed by atoms with Gasteiger partial charge in [-0.2, -0.15) is 0 Å². The highest BCUT2D eigenvalue weighted by atomic mass is 32.1. The predicted octanol–water partition coefficient (Wildman–Crippen LogP) is 6.75. The molecule has 4 saturated carbocycles. The molecule has 2 unspecified atom stereocenters. The second kappa shape index (κ2) is 9.43. The lowest BCUT2D eigenvalue weighted by Gasteiger charge is -2.59. The molecule has 35 heavy (non-hydrogen) atoms. The molecule has 1 amide bonds. The third kappa shape index (κ3) is 4.24. The number of hydrogen-bond acceptors (Lipinski definition) is 4. The molecule has 0 aromatic carbocycles. The van der Waals surface area contributed by atoms with E-state index >= 15 is 0 Å². The van der Waals surface area contributed by atoms with Gasteiger partial charge in [-0.3, -0.25) is 14.4 Å². The minimum atomic E-state index is 0.105. The van der Waals surface area contributed by atoms with Crippen molar-refractivity contribution in [2.45, 2.75) is 97.9 Å². The predicted molar refractivity (Wildman–Crippen MR) is 140 cm³/mol. The summed E-state index contributed by atoms with van der Waals surface area (Å²) in [5, 5.41) is 5.36. The van der Waals surface area contributed by atoms with Crippen LogP contribution in [0.5, 0.6) is 0 Å². The minimum Gasteiger partial charge on any atom is -0.348 e. The average Bonchev–Trinajstić information content (AvgIpc) is 3.46. The molecule has 4 aliphatic carbocycles. The monoisotopic (exact) mass is 497 g/mol. The van der Waals surface area contributed by atoms with E-state index in [9.17, 15) is 14.4 Å². The fourth-order valence-electron chi connectivity index (χ4n) is 9.25. The van der Waals surface area contributed by atoms with Crippen molar-refractivity contribution < 1.29 is 14.4 Å². The number of thiophene rings is 1. The second-order valence-corrected chi connectivity index (χ2v) is 13.8. The molecule has 1 aromatic rings. The Hall–Kier alpha value is -1.49. The van der Waals surface area contributed by atoms with Gasteiger partial charge < -0.3 is 5.32 Å². The lowest BCUT2D eigenvalue weighted by Crippen LogP contribution is -2.57. The first kappa shape index (κ1) is 25.2. The van der Waals surface area contributed by atoms with Crippen molar-refractivity contribution in [1.82, 2.24) is 5.32 Å². The summed E-state index contributed by atoms with van der Waals surface area (Å²) in [7, 11) is 0. The molecule has 192 valence electrons. The van der Waals surface area contributed by atoms with E-state index in [1.54, 1.807) is 11.3 Å². The highest BCUT2D eigenvalue weighted by molar-refractivity contribution is 7.10. The molecule has 1 aromatic heterocycles. The number of hydrogen-bond donors (Lipinski definition) is 1. The van der Waals surface area contributed by atoms with E-state index in [4.69, 9.17) is 0 Å². The Morgan fingerprint density at radius 2 is 1.89 bits per heavy atom. The standard InChI is InChI=1S/C30H43NO3S/c1-5-24(26-7-6-14-35-26)31-27(34)15-18(2)21-8-9-22-28-23(11-13-30(21,22)4)29(3)12-10-20(32)16-19(29)17-25(28)33/h6-7,14,18-19,21-24,28H,5,8-13,15-17H2,1-4H3,(H,31,34)/t18-,19+,21?,22+,23+,24?,28+,29+,30-/m1/s1. The van der Waals surface area contributed by atoms with Crippen LogP contribution in [0.3, 0.4) is 0 Å². The van der Waals surface area contributed by atoms with Crippen molar-refractivity contribution in [3.8, 4) is 0 Å². The fraction of sp³-hybridized carbons (Fsp3) is 0.767. The van der Waals surface area contributed by atoms with E-state index in [0.717, 1.165) is 38.5 Å². The molecule has 0 bridgehead atoms. The van der Waals surface area contributed by atoms with Gasteiger partial charge in [-0.05, 0) is 90.4 Å². The SMILES string of the molecule is CCC(NC(=O)C[C@@H](C)C1CC[C@H]2[C@@H]3C(=O)C[C@@H]4CC(=O)CC[C@]4(C)[C@H]3CC[C@]12C)c1cccs1. The van der Waals surface area contributed by atoms with E-state index in [1.165, 1.54) is 4.88 Å². The summed E-state index contributed by atoms with van der Waals surface area (Å²) in [5.74, 6) is 3.07. The van der Waals surface area contributed by atoms with Crippen LogP contribution in [0.1, 0.15) is 103 Å². The third-order valence-electron chi connectivity index (χ3n) is 11.2. The molecule has 4 nitrogen and oxygen atoms in total. The van der Waals surface area contributed by atoms with Gasteiger partial charge >= 0.3 is 0 Å². The first-order valence-electron chi connectivity index (χ1n) is 14.0. The van der Waals surface area contributed by atoms with Crippen LogP contribution in [0, 0.1) is 46.3 Å². The van der Waals surface area contributed by atoms with Gasteiger partial charge in [0.25, 0.3) is 0 Å². The van der Waals surface area contributed by atoms with Crippen molar-refractivity contribution in [1.29, 1.82) is 0 Å². The van der Waals surface area contributed by atoms with Crippen molar-refractivity contribution >= 4 is 28.8 Å². The quantitative estimate of drug-likeness (QED) is 0.473. The maximum Gasteiger partial charge on any atom is 0.220 e. The van der Waals surface area contributed by atoms with Crippen LogP contribution < -0.4 is 5.32 Å². The van der Waals surface area contributed by atoms with Gasteiger partial charge in [0, 0.05) is 36.5 Å². The largest absolute Gasteiger partial charge is 0.348 e. The zero-order valence-corrected chi connectivity index (χ0v) is 22.8. The molecule has 0 saturated heterocycles. The van der Waals surface area contributed by atoms with E-state index in [-0.39, 0.29) is 34.6 Å². The van der Waals surface area contributed by atoms with Crippen LogP contribution >= 0.6 is 11.3 Å². The number of nitrogens with one attached hydrogen (secondary N) is 1. The van der Waals surface area contributed by atoms with Crippen LogP contribution in [0.4, 0.5) is 0 Å². The normalized spacial score (nSPS) is 40.4. The molecule has 9 atom stereocenters. The summed E-state index contributed by atoms with van der Waals surface area (Å²) in [5.41, 5.74) is 0.288. The van der Waals surface area contributed by atoms with Crippen molar-refractivity contribution in [3.63, 3.8) is 0 Å². The molecule has 0 spiro atoms. The van der Waals surface area contributed by atoms with Gasteiger partial charge in [-0.15, -0.1) is 11.3 Å². The number of ketones is 2. The van der Waals surface area contributed by atoms with E-state index in [2.05, 4.69) is 44.5 Å². The van der Waals surface area contributed by atoms with E-state index in [1.807, 2.05) is 6.07 Å². The van der Waals surface area contributed by atoms with Crippen LogP contribution in [0.2, 0.25) is 0 Å². The number of carbonyl (C=O) groups excluding carboxylic acids is 3. The Kier molecular flexibility index (Phi) is 6.78. The summed E-state index contributed by atoms with van der Waals surface area (Å²) in [4.78, 5) is 40.0. The molecule has 4 aliphatic rings. The van der Waals surface area contributed by atoms with E-state index < -0.39 is 0 Å². The highest BCUT2D eigenvalue weighted by Crippen LogP contribution is 2.67. The molecule has 4 fully saturated rings. The van der Waals surface area contributed by atoms with Gasteiger partial charge in [-0.25, -0.2) is 0 Å². The molecule has 5 rings (SSSR count). The summed E-state index contributed by atoms with van der Waals surface area (Å²) >= 11 is 1.71. The molecule has 1 heterocycles. The molecule has 0 aliphatic heterocycles. The van der Waals surface area contributed by atoms with Gasteiger partial charge in [0.05, 0.1) is 6.04 Å². The molecule has 5 heteroatoms. The summed E-state index contributed by atoms with van der Waals surface area (Å²) < 4.78 is 0. The average molecular weight is 498 g/mol. The first-order chi connectivity index (χ1) is 16.7. The van der Waals surface area contributed by atoms with Crippen LogP contribution in [-0.2, 0) is 14.4 Å². The van der Waals surface area contributed by atoms with Crippen molar-refractivity contribution in [3.05, 3.63) is 22.4 Å². The number of Topliss-reactive ketones (excluding diaryl/α,β-unsaturated/α-hetero) is 2. The first-order valence-corrected chi connectivity index (χ1v) is 14.9. The molecule has 0 radical (unpaired) electrons. The number of carbonyl (C=O) groups is 3. The van der Waals surface area contributed by atoms with Gasteiger partial charge in [0.1, 0.15) is 11.6 Å². The molecule has 1 N–H and O–H groups in total. The molecular weight excluding hydrogens is 454 g/mol. The van der Waals surface area contributed by atoms with Gasteiger partial charge in [-0.1, -0.05) is 33.8 Å². The number of amides is 1. The van der Waals surface area contributed by atoms with Crippen molar-refractivity contribution in [2.24, 2.45) is 46.3 Å². The Bertz CT molecular complexity index is 972. The van der Waals surface area contributed by atoms with E-state index in [0.29, 0.717) is 60.9 Å². The van der Waals surface area contributed by atoms with Gasteiger partial charge in [0.2, 0.25) is 5.91 Å². The number of fused-ring (bicyclic) bond motifs is 5. The van der Waals surface area contributed by atoms with Crippen molar-refractivity contribution in [2.75, 3.05) is 0 Å². The zero-order valence-electron chi connectivity index (χ0n) is 22.0. The second-order valence-electron chi connectivity index (χ2n) is 12.8. The third-order valence-corrected chi connectivity index (χ3v) is 12.2. The summed E-state index contributed by atoms with van der Waals surface area (Å²) in [6.45, 7) is 9.23. The Morgan fingerprint density at radius 1 is 1.11 bits per heavy atom. The van der Waals surface area contributed by atoms with Crippen LogP contribution in [0.25, 0.3) is 0 Å². The van der Waals surface area contributed by atoms with Gasteiger partial charge in [0.15, 0.2) is 0 Å². The van der Waals surface area contributed by atoms with Crippen LogP contribution in [-0.4, -0.2) is 17.5 Å². The summed E-state index contributed by atoms with van der Waals surface area (Å²) in [6, 6.07) is 4.26. The molecular formula is C30H43NO3S. The Labute approximate surface area is 215 Å². The number of rotatable bonds is 6. The minimum absolute atomic E-state index is 0.105. The zero-order chi connectivity index (χ0) is 25.0. The maximum atomic E-state index is 13.6. The Morgan fingerprint density at radius 3 is 2.60 bits per heavy atom. The maximum absolute atomic E-state index is 13.6. The Balaban J connectivity index is 1.28. The topological polar surface area (TPSA) is 63.2 Å². The lowest BCUT2D eigenvalue weighted by molar-refractivity contribution is -0.159. The fourth-order valence-corrected chi connectivity index (χ4v) is 10.1. The lowest BCUT2D eigenvalue weighted by atomic mass is 9.44. The highest BCUT2D eigenvalue weighted by Gasteiger charge is 2.63.